The summed E-state index contributed by atoms with van der Waals surface area (Å²) in [7, 11) is 0. The summed E-state index contributed by atoms with van der Waals surface area (Å²) in [6, 6.07) is 6.97. The molecule has 0 spiro atoms. The van der Waals surface area contributed by atoms with Crippen LogP contribution in [-0.4, -0.2) is 30.8 Å². The molecule has 4 heteroatoms. The summed E-state index contributed by atoms with van der Waals surface area (Å²) >= 11 is 0. The van der Waals surface area contributed by atoms with Crippen LogP contribution < -0.4 is 15.8 Å². The van der Waals surface area contributed by atoms with Crippen molar-refractivity contribution in [2.45, 2.75) is 12.5 Å². The molecule has 1 aromatic rings. The third-order valence-corrected chi connectivity index (χ3v) is 3.00. The summed E-state index contributed by atoms with van der Waals surface area (Å²) in [5.41, 5.74) is 6.03. The second-order valence-electron chi connectivity index (χ2n) is 4.20. The van der Waals surface area contributed by atoms with Crippen LogP contribution in [0, 0.1) is 5.92 Å². The van der Waals surface area contributed by atoms with Crippen LogP contribution in [0.3, 0.4) is 0 Å². The van der Waals surface area contributed by atoms with E-state index in [4.69, 9.17) is 10.5 Å². The monoisotopic (exact) mass is 222 g/mol. The summed E-state index contributed by atoms with van der Waals surface area (Å²) in [5, 5.41) is 12.8. The molecule has 2 unspecified atom stereocenters. The molecular weight excluding hydrogens is 204 g/mol. The van der Waals surface area contributed by atoms with Gasteiger partial charge < -0.3 is 20.9 Å². The zero-order valence-electron chi connectivity index (χ0n) is 9.23. The molecule has 0 aliphatic carbocycles. The fraction of sp³-hybridized carbons (Fsp3) is 0.500. The normalized spacial score (nSPS) is 21.9. The predicted molar refractivity (Wildman–Crippen MR) is 62.6 cm³/mol. The number of hydrogen-bond acceptors (Lipinski definition) is 4. The molecule has 1 aliphatic heterocycles. The van der Waals surface area contributed by atoms with E-state index in [1.54, 1.807) is 18.2 Å². The zero-order chi connectivity index (χ0) is 11.4. The first-order valence-electron chi connectivity index (χ1n) is 5.64. The van der Waals surface area contributed by atoms with Crippen LogP contribution in [-0.2, 0) is 0 Å². The van der Waals surface area contributed by atoms with Crippen LogP contribution in [0.5, 0.6) is 11.5 Å². The highest BCUT2D eigenvalue weighted by Crippen LogP contribution is 2.24. The average Bonchev–Trinajstić information content (AvgIpc) is 2.81. The van der Waals surface area contributed by atoms with Gasteiger partial charge in [0.05, 0.1) is 0 Å². The molecule has 0 radical (unpaired) electrons. The minimum atomic E-state index is 0.0228. The van der Waals surface area contributed by atoms with Crippen LogP contribution in [0.2, 0.25) is 0 Å². The lowest BCUT2D eigenvalue weighted by molar-refractivity contribution is 0.244. The molecule has 16 heavy (non-hydrogen) atoms. The number of rotatable bonds is 4. The van der Waals surface area contributed by atoms with E-state index >= 15 is 0 Å². The largest absolute Gasteiger partial charge is 0.504 e. The van der Waals surface area contributed by atoms with Gasteiger partial charge in [-0.3, -0.25) is 0 Å². The van der Waals surface area contributed by atoms with E-state index in [0.717, 1.165) is 19.5 Å². The third-order valence-electron chi connectivity index (χ3n) is 3.00. The van der Waals surface area contributed by atoms with Crippen molar-refractivity contribution in [2.24, 2.45) is 11.7 Å². The molecule has 88 valence electrons. The van der Waals surface area contributed by atoms with Gasteiger partial charge >= 0.3 is 0 Å². The molecule has 1 aromatic carbocycles. The van der Waals surface area contributed by atoms with Gasteiger partial charge in [0.25, 0.3) is 0 Å². The summed E-state index contributed by atoms with van der Waals surface area (Å²) in [4.78, 5) is 0. The Bertz CT molecular complexity index is 338. The highest BCUT2D eigenvalue weighted by atomic mass is 16.5. The van der Waals surface area contributed by atoms with E-state index < -0.39 is 0 Å². The van der Waals surface area contributed by atoms with Crippen molar-refractivity contribution in [1.82, 2.24) is 5.32 Å². The maximum atomic E-state index is 9.51. The van der Waals surface area contributed by atoms with Gasteiger partial charge in [0.2, 0.25) is 0 Å². The zero-order valence-corrected chi connectivity index (χ0v) is 9.23. The minimum Gasteiger partial charge on any atom is -0.504 e. The smallest absolute Gasteiger partial charge is 0.160 e. The number of phenolic OH excluding ortho intramolecular Hbond substituents is 1. The van der Waals surface area contributed by atoms with Gasteiger partial charge in [0, 0.05) is 6.04 Å². The van der Waals surface area contributed by atoms with Crippen LogP contribution >= 0.6 is 0 Å². The standard InChI is InChI=1S/C12H18N2O2/c13-10(9-5-6-14-7-9)8-16-12-4-2-1-3-11(12)15/h1-4,9-10,14-15H,5-8,13H2. The molecule has 0 bridgehead atoms. The molecule has 2 atom stereocenters. The number of ether oxygens (including phenoxy) is 1. The van der Waals surface area contributed by atoms with Gasteiger partial charge in [-0.15, -0.1) is 0 Å². The highest BCUT2D eigenvalue weighted by Gasteiger charge is 2.22. The van der Waals surface area contributed by atoms with Gasteiger partial charge in [0.15, 0.2) is 11.5 Å². The second-order valence-corrected chi connectivity index (χ2v) is 4.20. The number of aromatic hydroxyl groups is 1. The Kier molecular flexibility index (Phi) is 3.64. The van der Waals surface area contributed by atoms with Crippen LogP contribution in [0.4, 0.5) is 0 Å². The van der Waals surface area contributed by atoms with Crippen LogP contribution in [0.25, 0.3) is 0 Å². The Hall–Kier alpha value is -1.26. The third kappa shape index (κ3) is 2.65. The number of nitrogens with two attached hydrogens (primary N) is 1. The number of hydrogen-bond donors (Lipinski definition) is 3. The van der Waals surface area contributed by atoms with Crippen LogP contribution in [0.1, 0.15) is 6.42 Å². The SMILES string of the molecule is NC(COc1ccccc1O)C1CCNC1. The van der Waals surface area contributed by atoms with Gasteiger partial charge in [-0.2, -0.15) is 0 Å². The van der Waals surface area contributed by atoms with E-state index in [1.165, 1.54) is 0 Å². The van der Waals surface area contributed by atoms with E-state index in [0.29, 0.717) is 18.3 Å². The Morgan fingerprint density at radius 3 is 3.00 bits per heavy atom. The fourth-order valence-corrected chi connectivity index (χ4v) is 1.94. The lowest BCUT2D eigenvalue weighted by Crippen LogP contribution is -2.37. The maximum Gasteiger partial charge on any atom is 0.160 e. The van der Waals surface area contributed by atoms with Gasteiger partial charge in [-0.1, -0.05) is 12.1 Å². The number of nitrogens with one attached hydrogen (secondary N) is 1. The minimum absolute atomic E-state index is 0.0228. The van der Waals surface area contributed by atoms with E-state index in [2.05, 4.69) is 5.32 Å². The molecule has 4 nitrogen and oxygen atoms in total. The van der Waals surface area contributed by atoms with Crippen molar-refractivity contribution in [2.75, 3.05) is 19.7 Å². The molecule has 0 saturated carbocycles. The Balaban J connectivity index is 1.84. The van der Waals surface area contributed by atoms with E-state index in [9.17, 15) is 5.11 Å². The first-order chi connectivity index (χ1) is 7.77. The van der Waals surface area contributed by atoms with Crippen molar-refractivity contribution >= 4 is 0 Å². The number of benzene rings is 1. The van der Waals surface area contributed by atoms with Crippen molar-refractivity contribution in [3.05, 3.63) is 24.3 Å². The topological polar surface area (TPSA) is 67.5 Å². The molecule has 1 fully saturated rings. The summed E-state index contributed by atoms with van der Waals surface area (Å²) in [6.45, 7) is 2.45. The summed E-state index contributed by atoms with van der Waals surface area (Å²) in [5.74, 6) is 1.15. The maximum absolute atomic E-state index is 9.51. The quantitative estimate of drug-likeness (QED) is 0.702. The first kappa shape index (κ1) is 11.2. The Morgan fingerprint density at radius 2 is 2.31 bits per heavy atom. The Labute approximate surface area is 95.4 Å². The van der Waals surface area contributed by atoms with Crippen molar-refractivity contribution in [3.8, 4) is 11.5 Å². The van der Waals surface area contributed by atoms with Crippen molar-refractivity contribution in [3.63, 3.8) is 0 Å². The van der Waals surface area contributed by atoms with Gasteiger partial charge in [-0.25, -0.2) is 0 Å². The molecule has 1 heterocycles. The van der Waals surface area contributed by atoms with Crippen molar-refractivity contribution < 1.29 is 9.84 Å². The van der Waals surface area contributed by atoms with E-state index in [-0.39, 0.29) is 11.8 Å². The lowest BCUT2D eigenvalue weighted by Gasteiger charge is -2.18. The molecule has 1 aliphatic rings. The highest BCUT2D eigenvalue weighted by molar-refractivity contribution is 5.37. The molecular formula is C12H18N2O2. The van der Waals surface area contributed by atoms with Gasteiger partial charge in [0.1, 0.15) is 6.61 Å². The molecule has 0 amide bonds. The summed E-state index contributed by atoms with van der Waals surface area (Å²) < 4.78 is 5.51. The van der Waals surface area contributed by atoms with E-state index in [1.807, 2.05) is 6.07 Å². The fourth-order valence-electron chi connectivity index (χ4n) is 1.94. The second kappa shape index (κ2) is 5.18. The van der Waals surface area contributed by atoms with Gasteiger partial charge in [-0.05, 0) is 37.6 Å². The summed E-state index contributed by atoms with van der Waals surface area (Å²) in [6.07, 6.45) is 1.10. The number of para-hydroxylation sites is 2. The lowest BCUT2D eigenvalue weighted by atomic mass is 10.0. The number of phenols is 1. The molecule has 2 rings (SSSR count). The molecule has 4 N–H and O–H groups in total. The molecule has 1 saturated heterocycles. The first-order valence-corrected chi connectivity index (χ1v) is 5.64. The Morgan fingerprint density at radius 1 is 1.50 bits per heavy atom. The predicted octanol–water partition coefficient (Wildman–Crippen LogP) is 0.708. The molecule has 0 aromatic heterocycles. The average molecular weight is 222 g/mol. The van der Waals surface area contributed by atoms with Crippen LogP contribution in [0.15, 0.2) is 24.3 Å². The van der Waals surface area contributed by atoms with Crippen molar-refractivity contribution in [1.29, 1.82) is 0 Å².